The molecule has 2 amide bonds. The molecule has 0 bridgehead atoms. The molecule has 7 aliphatic rings. The zero-order valence-electron chi connectivity index (χ0n) is 31.8. The number of allylic oxidation sites excluding steroid dienone is 2. The van der Waals surface area contributed by atoms with Gasteiger partial charge in [-0.2, -0.15) is 0 Å². The average Bonchev–Trinajstić information content (AvgIpc) is 3.71. The molecule has 0 radical (unpaired) electrons. The number of rotatable bonds is 5. The van der Waals surface area contributed by atoms with Crippen molar-refractivity contribution in [1.82, 2.24) is 10.2 Å². The minimum absolute atomic E-state index is 0.00554. The Morgan fingerprint density at radius 1 is 0.780 bits per heavy atom. The van der Waals surface area contributed by atoms with Crippen LogP contribution in [0.25, 0.3) is 5.57 Å². The van der Waals surface area contributed by atoms with Crippen molar-refractivity contribution in [3.05, 3.63) is 41.5 Å². The van der Waals surface area contributed by atoms with Gasteiger partial charge >= 0.3 is 12.0 Å². The summed E-state index contributed by atoms with van der Waals surface area (Å²) in [4.78, 5) is 27.7. The number of piperidine rings is 1. The van der Waals surface area contributed by atoms with Crippen LogP contribution in [-0.4, -0.2) is 52.3 Å². The standard InChI is InChI=1S/C44H64N2O4/c1-39(2)31(29-7-9-30(10-8-29)37(48)49)13-18-41(4)34(39)15-19-43(6)35(41)12-11-33-36-32(40(3)21-22-40)14-20-44(36,24-23-42(33,43)5)45-38(50)46-25-16-28(27-47)17-26-46/h7-10,13,28,32-36,47H,11-12,14-27H2,1-6H3,(H,45,50)(H,48,49)/t32-,33-,34+,35-,36-,41+,42-,43-,44+/m1/s1. The van der Waals surface area contributed by atoms with E-state index in [0.717, 1.165) is 45.2 Å². The van der Waals surface area contributed by atoms with Crippen LogP contribution in [0.5, 0.6) is 0 Å². The molecule has 0 spiro atoms. The lowest BCUT2D eigenvalue weighted by molar-refractivity contribution is -0.221. The van der Waals surface area contributed by atoms with Gasteiger partial charge in [-0.25, -0.2) is 9.59 Å². The summed E-state index contributed by atoms with van der Waals surface area (Å²) in [6.45, 7) is 17.3. The maximum absolute atomic E-state index is 14.1. The highest BCUT2D eigenvalue weighted by atomic mass is 16.4. The van der Waals surface area contributed by atoms with Gasteiger partial charge in [0.05, 0.1) is 5.56 Å². The van der Waals surface area contributed by atoms with Gasteiger partial charge in [0, 0.05) is 25.2 Å². The molecule has 5 saturated carbocycles. The van der Waals surface area contributed by atoms with Crippen molar-refractivity contribution in [3.8, 4) is 0 Å². The predicted molar refractivity (Wildman–Crippen MR) is 198 cm³/mol. The highest BCUT2D eigenvalue weighted by Crippen LogP contribution is 2.78. The Morgan fingerprint density at radius 3 is 2.12 bits per heavy atom. The van der Waals surface area contributed by atoms with E-state index in [9.17, 15) is 19.8 Å². The van der Waals surface area contributed by atoms with Crippen LogP contribution in [0.1, 0.15) is 141 Å². The van der Waals surface area contributed by atoms with Crippen LogP contribution < -0.4 is 5.32 Å². The highest BCUT2D eigenvalue weighted by Gasteiger charge is 2.72. The molecule has 6 fully saturated rings. The molecule has 1 aliphatic heterocycles. The van der Waals surface area contributed by atoms with Gasteiger partial charge in [0.25, 0.3) is 0 Å². The van der Waals surface area contributed by atoms with E-state index < -0.39 is 5.97 Å². The SMILES string of the molecule is CC1([C@@H]2CC[C@]3(NC(=O)N4CCC(CO)CC4)CC[C@]4(C)[C@H](CC[C@@H]5[C@@]6(C)CC=C(c7ccc(C(=O)O)cc7)C(C)(C)[C@@H]6CC[C@]54C)[C@@H]23)CC1. The van der Waals surface area contributed by atoms with Crippen molar-refractivity contribution in [2.24, 2.45) is 62.6 Å². The van der Waals surface area contributed by atoms with E-state index in [4.69, 9.17) is 0 Å². The normalized spacial score (nSPS) is 43.1. The van der Waals surface area contributed by atoms with E-state index in [1.807, 2.05) is 12.1 Å². The first-order valence-corrected chi connectivity index (χ1v) is 20.3. The third-order valence-electron chi connectivity index (χ3n) is 17.9. The first kappa shape index (κ1) is 34.7. The zero-order valence-corrected chi connectivity index (χ0v) is 31.8. The number of hydrogen-bond donors (Lipinski definition) is 3. The minimum atomic E-state index is -0.867. The molecule has 8 rings (SSSR count). The van der Waals surface area contributed by atoms with Gasteiger partial charge in [0.1, 0.15) is 0 Å². The summed E-state index contributed by atoms with van der Waals surface area (Å²) >= 11 is 0. The number of likely N-dealkylation sites (tertiary alicyclic amines) is 1. The molecule has 0 aromatic heterocycles. The number of aliphatic hydroxyl groups is 1. The lowest BCUT2D eigenvalue weighted by Gasteiger charge is -2.72. The molecule has 0 unspecified atom stereocenters. The molecular weight excluding hydrogens is 620 g/mol. The minimum Gasteiger partial charge on any atom is -0.478 e. The number of aliphatic hydroxyl groups excluding tert-OH is 1. The van der Waals surface area contributed by atoms with E-state index in [2.05, 4.69) is 57.8 Å². The van der Waals surface area contributed by atoms with Crippen LogP contribution in [-0.2, 0) is 0 Å². The topological polar surface area (TPSA) is 89.9 Å². The van der Waals surface area contributed by atoms with E-state index in [-0.39, 0.29) is 39.8 Å². The zero-order chi connectivity index (χ0) is 35.5. The number of carboxylic acids is 1. The smallest absolute Gasteiger partial charge is 0.335 e. The third kappa shape index (κ3) is 4.88. The van der Waals surface area contributed by atoms with Crippen molar-refractivity contribution >= 4 is 17.6 Å². The first-order valence-electron chi connectivity index (χ1n) is 20.3. The number of nitrogens with zero attached hydrogens (tertiary/aromatic N) is 1. The summed E-state index contributed by atoms with van der Waals surface area (Å²) in [6.07, 6.45) is 17.9. The van der Waals surface area contributed by atoms with Gasteiger partial charge in [-0.05, 0) is 169 Å². The first-order chi connectivity index (χ1) is 23.6. The van der Waals surface area contributed by atoms with Gasteiger partial charge < -0.3 is 20.4 Å². The second-order valence-electron chi connectivity index (χ2n) is 20.1. The summed E-state index contributed by atoms with van der Waals surface area (Å²) in [5.41, 5.74) is 4.00. The van der Waals surface area contributed by atoms with Gasteiger partial charge in [0.2, 0.25) is 0 Å². The van der Waals surface area contributed by atoms with Gasteiger partial charge in [-0.3, -0.25) is 0 Å². The summed E-state index contributed by atoms with van der Waals surface area (Å²) in [5.74, 6) is 2.60. The predicted octanol–water partition coefficient (Wildman–Crippen LogP) is 9.43. The molecule has 1 heterocycles. The maximum Gasteiger partial charge on any atom is 0.335 e. The molecule has 6 nitrogen and oxygen atoms in total. The van der Waals surface area contributed by atoms with Crippen LogP contribution in [0.4, 0.5) is 4.79 Å². The number of amides is 2. The van der Waals surface area contributed by atoms with Crippen LogP contribution in [0.3, 0.4) is 0 Å². The van der Waals surface area contributed by atoms with E-state index >= 15 is 0 Å². The molecule has 6 aliphatic carbocycles. The van der Waals surface area contributed by atoms with Crippen LogP contribution in [0, 0.1) is 62.6 Å². The Bertz CT molecular complexity index is 1550. The average molecular weight is 685 g/mol. The van der Waals surface area contributed by atoms with Crippen molar-refractivity contribution in [3.63, 3.8) is 0 Å². The molecule has 3 N–H and O–H groups in total. The van der Waals surface area contributed by atoms with Crippen LogP contribution in [0.15, 0.2) is 30.3 Å². The summed E-state index contributed by atoms with van der Waals surface area (Å²) in [6, 6.07) is 7.76. The van der Waals surface area contributed by atoms with Crippen LogP contribution >= 0.6 is 0 Å². The number of aromatic carboxylic acids is 1. The second-order valence-corrected chi connectivity index (χ2v) is 20.1. The third-order valence-corrected chi connectivity index (χ3v) is 17.9. The van der Waals surface area contributed by atoms with Crippen molar-refractivity contribution in [1.29, 1.82) is 0 Å². The Hall–Kier alpha value is -2.34. The van der Waals surface area contributed by atoms with Crippen molar-refractivity contribution < 1.29 is 19.8 Å². The van der Waals surface area contributed by atoms with Crippen molar-refractivity contribution in [2.75, 3.05) is 19.7 Å². The fraction of sp³-hybridized carbons (Fsp3) is 0.773. The fourth-order valence-electron chi connectivity index (χ4n) is 14.7. The quantitative estimate of drug-likeness (QED) is 0.288. The maximum atomic E-state index is 14.1. The molecule has 1 aromatic rings. The number of urea groups is 1. The Labute approximate surface area is 301 Å². The van der Waals surface area contributed by atoms with E-state index in [1.54, 1.807) is 12.1 Å². The summed E-state index contributed by atoms with van der Waals surface area (Å²) in [7, 11) is 0. The Balaban J connectivity index is 1.09. The molecular formula is C44H64N2O4. The number of hydrogen-bond acceptors (Lipinski definition) is 3. The lowest BCUT2D eigenvalue weighted by atomic mass is 9.32. The lowest BCUT2D eigenvalue weighted by Crippen LogP contribution is -2.69. The monoisotopic (exact) mass is 684 g/mol. The number of fused-ring (bicyclic) bond motifs is 7. The van der Waals surface area contributed by atoms with Crippen LogP contribution in [0.2, 0.25) is 0 Å². The molecule has 6 heteroatoms. The molecule has 274 valence electrons. The van der Waals surface area contributed by atoms with E-state index in [0.29, 0.717) is 46.5 Å². The van der Waals surface area contributed by atoms with Gasteiger partial charge in [-0.15, -0.1) is 0 Å². The van der Waals surface area contributed by atoms with Crippen molar-refractivity contribution in [2.45, 2.75) is 131 Å². The number of benzene rings is 1. The number of carboxylic acid groups (broad SMARTS) is 1. The molecule has 50 heavy (non-hydrogen) atoms. The number of carbonyl (C=O) groups excluding carboxylic acids is 1. The molecule has 1 aromatic carbocycles. The Kier molecular flexibility index (Phi) is 8.04. The van der Waals surface area contributed by atoms with Gasteiger partial charge in [0.15, 0.2) is 0 Å². The Morgan fingerprint density at radius 2 is 1.48 bits per heavy atom. The fourth-order valence-corrected chi connectivity index (χ4v) is 14.7. The molecule has 9 atom stereocenters. The number of carbonyl (C=O) groups is 2. The summed E-state index contributed by atoms with van der Waals surface area (Å²) in [5, 5.41) is 23.0. The number of nitrogens with one attached hydrogen (secondary N) is 1. The largest absolute Gasteiger partial charge is 0.478 e. The molecule has 1 saturated heterocycles. The second kappa shape index (κ2) is 11.6. The van der Waals surface area contributed by atoms with E-state index in [1.165, 1.54) is 62.5 Å². The van der Waals surface area contributed by atoms with Gasteiger partial charge in [-0.1, -0.05) is 59.8 Å². The highest BCUT2D eigenvalue weighted by molar-refractivity contribution is 5.88. The summed E-state index contributed by atoms with van der Waals surface area (Å²) < 4.78 is 0.